The monoisotopic (exact) mass is 331 g/mol. The lowest BCUT2D eigenvalue weighted by Gasteiger charge is -2.24. The van der Waals surface area contributed by atoms with E-state index in [1.807, 2.05) is 0 Å². The minimum atomic E-state index is -0.407. The molecule has 1 aliphatic rings. The first-order chi connectivity index (χ1) is 11.5. The Balaban J connectivity index is 1.85. The number of aryl methyl sites for hydroxylation is 1. The predicted octanol–water partition coefficient (Wildman–Crippen LogP) is 1.57. The molecule has 2 heterocycles. The molecule has 2 atom stereocenters. The molecule has 1 fully saturated rings. The lowest BCUT2D eigenvalue weighted by Crippen LogP contribution is -2.37. The molecule has 1 N–H and O–H groups in total. The van der Waals surface area contributed by atoms with Crippen molar-refractivity contribution < 1.29 is 13.9 Å². The van der Waals surface area contributed by atoms with Crippen LogP contribution in [0.2, 0.25) is 0 Å². The summed E-state index contributed by atoms with van der Waals surface area (Å²) >= 11 is 0. The Kier molecular flexibility index (Phi) is 4.71. The Hall–Kier alpha value is -2.54. The van der Waals surface area contributed by atoms with Gasteiger partial charge < -0.3 is 10.1 Å². The fraction of sp³-hybridized carbons (Fsp3) is 0.353. The Labute approximate surface area is 138 Å². The second kappa shape index (κ2) is 6.92. The molecule has 1 amide bonds. The smallest absolute Gasteiger partial charge is 0.272 e. The molecule has 3 rings (SSSR count). The maximum atomic E-state index is 13.2. The number of hydrogen-bond acceptors (Lipinski definition) is 4. The number of hydrogen-bond donors (Lipinski definition) is 1. The van der Waals surface area contributed by atoms with Crippen LogP contribution in [0.1, 0.15) is 34.9 Å². The van der Waals surface area contributed by atoms with Crippen LogP contribution in [-0.4, -0.2) is 28.4 Å². The van der Waals surface area contributed by atoms with Crippen LogP contribution in [-0.2, 0) is 11.8 Å². The Bertz CT molecular complexity index is 782. The number of aromatic nitrogens is 2. The van der Waals surface area contributed by atoms with E-state index in [0.717, 1.165) is 23.1 Å². The number of rotatable bonds is 4. The third kappa shape index (κ3) is 3.51. The summed E-state index contributed by atoms with van der Waals surface area (Å²) < 4.78 is 20.0. The second-order valence-electron chi connectivity index (χ2n) is 5.73. The van der Waals surface area contributed by atoms with Crippen LogP contribution in [0.15, 0.2) is 41.2 Å². The number of nitrogens with one attached hydrogen (secondary N) is 1. The molecule has 0 aliphatic carbocycles. The molecule has 2 unspecified atom stereocenters. The topological polar surface area (TPSA) is 73.2 Å². The highest BCUT2D eigenvalue weighted by Crippen LogP contribution is 2.27. The largest absolute Gasteiger partial charge is 0.376 e. The van der Waals surface area contributed by atoms with Gasteiger partial charge in [-0.05, 0) is 36.6 Å². The van der Waals surface area contributed by atoms with Gasteiger partial charge in [0.15, 0.2) is 0 Å². The predicted molar refractivity (Wildman–Crippen MR) is 85.1 cm³/mol. The Morgan fingerprint density at radius 3 is 2.71 bits per heavy atom. The molecule has 2 aromatic rings. The standard InChI is InChI=1S/C17H18FN3O3/c1-21-15(22)9-8-13(20-21)17(23)19-16(14-3-2-10-24-14)11-4-6-12(18)7-5-11/h4-9,14,16H,2-3,10H2,1H3,(H,19,23). The summed E-state index contributed by atoms with van der Waals surface area (Å²) in [6.45, 7) is 0.635. The maximum absolute atomic E-state index is 13.2. The first-order valence-electron chi connectivity index (χ1n) is 7.77. The van der Waals surface area contributed by atoms with Crippen molar-refractivity contribution in [3.05, 3.63) is 63.8 Å². The SMILES string of the molecule is Cn1nc(C(=O)NC(c2ccc(F)cc2)C2CCCO2)ccc1=O. The molecule has 0 spiro atoms. The van der Waals surface area contributed by atoms with Gasteiger partial charge in [-0.2, -0.15) is 5.10 Å². The first-order valence-corrected chi connectivity index (χ1v) is 7.77. The number of halogens is 1. The first kappa shape index (κ1) is 16.3. The van der Waals surface area contributed by atoms with Crippen molar-refractivity contribution in [1.82, 2.24) is 15.1 Å². The van der Waals surface area contributed by atoms with Crippen molar-refractivity contribution in [2.24, 2.45) is 7.05 Å². The average molecular weight is 331 g/mol. The fourth-order valence-electron chi connectivity index (χ4n) is 2.77. The van der Waals surface area contributed by atoms with Gasteiger partial charge in [0.2, 0.25) is 0 Å². The number of carbonyl (C=O) groups is 1. The van der Waals surface area contributed by atoms with Crippen LogP contribution in [0.25, 0.3) is 0 Å². The van der Waals surface area contributed by atoms with Gasteiger partial charge in [-0.3, -0.25) is 9.59 Å². The van der Waals surface area contributed by atoms with Gasteiger partial charge in [0.25, 0.3) is 11.5 Å². The summed E-state index contributed by atoms with van der Waals surface area (Å²) in [5.74, 6) is -0.744. The molecule has 6 nitrogen and oxygen atoms in total. The molecule has 0 radical (unpaired) electrons. The molecule has 1 aliphatic heterocycles. The van der Waals surface area contributed by atoms with E-state index in [1.165, 1.54) is 31.3 Å². The van der Waals surface area contributed by atoms with E-state index in [-0.39, 0.29) is 23.2 Å². The quantitative estimate of drug-likeness (QED) is 0.923. The minimum absolute atomic E-state index is 0.141. The molecular formula is C17H18FN3O3. The zero-order valence-corrected chi connectivity index (χ0v) is 13.2. The summed E-state index contributed by atoms with van der Waals surface area (Å²) in [6.07, 6.45) is 1.55. The molecule has 126 valence electrons. The van der Waals surface area contributed by atoms with Crippen LogP contribution >= 0.6 is 0 Å². The number of amides is 1. The summed E-state index contributed by atoms with van der Waals surface area (Å²) in [7, 11) is 1.48. The zero-order chi connectivity index (χ0) is 17.1. The Morgan fingerprint density at radius 1 is 1.33 bits per heavy atom. The van der Waals surface area contributed by atoms with E-state index in [0.29, 0.717) is 6.61 Å². The summed E-state index contributed by atoms with van der Waals surface area (Å²) in [5.41, 5.74) is 0.615. The number of carbonyl (C=O) groups excluding carboxylic acids is 1. The van der Waals surface area contributed by atoms with Crippen LogP contribution in [0.3, 0.4) is 0 Å². The maximum Gasteiger partial charge on any atom is 0.272 e. The lowest BCUT2D eigenvalue weighted by atomic mass is 9.99. The van der Waals surface area contributed by atoms with E-state index in [2.05, 4.69) is 10.4 Å². The summed E-state index contributed by atoms with van der Waals surface area (Å²) in [5, 5.41) is 6.84. The number of ether oxygens (including phenoxy) is 1. The van der Waals surface area contributed by atoms with E-state index < -0.39 is 11.9 Å². The van der Waals surface area contributed by atoms with Crippen molar-refractivity contribution >= 4 is 5.91 Å². The normalized spacial score (nSPS) is 18.3. The highest BCUT2D eigenvalue weighted by atomic mass is 19.1. The summed E-state index contributed by atoms with van der Waals surface area (Å²) in [4.78, 5) is 23.9. The van der Waals surface area contributed by atoms with Crippen LogP contribution in [0.4, 0.5) is 4.39 Å². The molecule has 0 saturated carbocycles. The molecule has 0 bridgehead atoms. The molecular weight excluding hydrogens is 313 g/mol. The van der Waals surface area contributed by atoms with Crippen molar-refractivity contribution in [3.8, 4) is 0 Å². The van der Waals surface area contributed by atoms with Gasteiger partial charge in [-0.15, -0.1) is 0 Å². The Morgan fingerprint density at radius 2 is 2.08 bits per heavy atom. The highest BCUT2D eigenvalue weighted by Gasteiger charge is 2.29. The summed E-state index contributed by atoms with van der Waals surface area (Å²) in [6, 6.07) is 8.25. The van der Waals surface area contributed by atoms with Gasteiger partial charge in [-0.1, -0.05) is 12.1 Å². The van der Waals surface area contributed by atoms with Crippen molar-refractivity contribution in [1.29, 1.82) is 0 Å². The fourth-order valence-corrected chi connectivity index (χ4v) is 2.77. The van der Waals surface area contributed by atoms with E-state index in [1.54, 1.807) is 12.1 Å². The molecule has 1 aromatic carbocycles. The van der Waals surface area contributed by atoms with E-state index in [4.69, 9.17) is 4.74 Å². The number of benzene rings is 1. The van der Waals surface area contributed by atoms with Crippen molar-refractivity contribution in [2.45, 2.75) is 25.0 Å². The van der Waals surface area contributed by atoms with Gasteiger partial charge in [0.05, 0.1) is 12.1 Å². The van der Waals surface area contributed by atoms with Gasteiger partial charge in [0.1, 0.15) is 11.5 Å². The van der Waals surface area contributed by atoms with Crippen LogP contribution in [0.5, 0.6) is 0 Å². The lowest BCUT2D eigenvalue weighted by molar-refractivity contribution is 0.0668. The van der Waals surface area contributed by atoms with Crippen LogP contribution < -0.4 is 10.9 Å². The third-order valence-electron chi connectivity index (χ3n) is 4.05. The van der Waals surface area contributed by atoms with Gasteiger partial charge in [0, 0.05) is 19.7 Å². The van der Waals surface area contributed by atoms with Crippen LogP contribution in [0, 0.1) is 5.82 Å². The third-order valence-corrected chi connectivity index (χ3v) is 4.05. The zero-order valence-electron chi connectivity index (χ0n) is 13.2. The molecule has 7 heteroatoms. The van der Waals surface area contributed by atoms with Gasteiger partial charge in [-0.25, -0.2) is 9.07 Å². The van der Waals surface area contributed by atoms with Gasteiger partial charge >= 0.3 is 0 Å². The highest BCUT2D eigenvalue weighted by molar-refractivity contribution is 5.92. The minimum Gasteiger partial charge on any atom is -0.376 e. The van der Waals surface area contributed by atoms with E-state index >= 15 is 0 Å². The number of nitrogens with zero attached hydrogens (tertiary/aromatic N) is 2. The molecule has 1 aromatic heterocycles. The average Bonchev–Trinajstić information content (AvgIpc) is 3.10. The molecule has 1 saturated heterocycles. The molecule has 24 heavy (non-hydrogen) atoms. The van der Waals surface area contributed by atoms with Crippen molar-refractivity contribution in [3.63, 3.8) is 0 Å². The second-order valence-corrected chi connectivity index (χ2v) is 5.73. The van der Waals surface area contributed by atoms with Crippen molar-refractivity contribution in [2.75, 3.05) is 6.61 Å². The van der Waals surface area contributed by atoms with E-state index in [9.17, 15) is 14.0 Å².